The average molecular weight is 278 g/mol. The van der Waals surface area contributed by atoms with Crippen LogP contribution >= 0.6 is 0 Å². The van der Waals surface area contributed by atoms with Crippen molar-refractivity contribution in [2.75, 3.05) is 29.0 Å². The molecule has 1 saturated carbocycles. The van der Waals surface area contributed by atoms with Gasteiger partial charge in [-0.05, 0) is 32.6 Å². The van der Waals surface area contributed by atoms with Crippen LogP contribution in [-0.2, 0) is 0 Å². The van der Waals surface area contributed by atoms with Crippen molar-refractivity contribution < 1.29 is 0 Å². The first-order valence-corrected chi connectivity index (χ1v) is 7.69. The summed E-state index contributed by atoms with van der Waals surface area (Å²) < 4.78 is 0. The zero-order valence-electron chi connectivity index (χ0n) is 12.8. The number of nitrogens with zero attached hydrogens (tertiary/aromatic N) is 4. The highest BCUT2D eigenvalue weighted by molar-refractivity contribution is 5.42. The predicted octanol–water partition coefficient (Wildman–Crippen LogP) is 2.29. The van der Waals surface area contributed by atoms with E-state index in [0.29, 0.717) is 17.9 Å². The van der Waals surface area contributed by atoms with Crippen molar-refractivity contribution in [3.8, 4) is 0 Å². The second kappa shape index (κ2) is 6.72. The zero-order chi connectivity index (χ0) is 14.5. The van der Waals surface area contributed by atoms with E-state index in [4.69, 9.17) is 5.73 Å². The van der Waals surface area contributed by atoms with Gasteiger partial charge in [0.2, 0.25) is 17.8 Å². The third-order valence-electron chi connectivity index (χ3n) is 3.83. The average Bonchev–Trinajstić information content (AvgIpc) is 3.23. The summed E-state index contributed by atoms with van der Waals surface area (Å²) in [6.07, 6.45) is 5.00. The van der Waals surface area contributed by atoms with Crippen molar-refractivity contribution >= 4 is 17.8 Å². The largest absolute Gasteiger partial charge is 0.368 e. The summed E-state index contributed by atoms with van der Waals surface area (Å²) in [4.78, 5) is 15.0. The Labute approximate surface area is 121 Å². The van der Waals surface area contributed by atoms with Crippen molar-refractivity contribution in [1.29, 1.82) is 0 Å². The molecule has 1 heterocycles. The fourth-order valence-corrected chi connectivity index (χ4v) is 2.36. The first-order valence-electron chi connectivity index (χ1n) is 7.69. The Morgan fingerprint density at radius 3 is 2.45 bits per heavy atom. The van der Waals surface area contributed by atoms with Crippen LogP contribution in [0.15, 0.2) is 0 Å². The quantitative estimate of drug-likeness (QED) is 0.759. The van der Waals surface area contributed by atoms with Gasteiger partial charge >= 0.3 is 0 Å². The number of aromatic nitrogens is 3. The van der Waals surface area contributed by atoms with E-state index >= 15 is 0 Å². The fourth-order valence-electron chi connectivity index (χ4n) is 2.36. The molecule has 112 valence electrons. The standard InChI is InChI=1S/C14H26N6/c1-4-11(9-10-7-8-10)16-13-17-12(15)18-14(19-13)20(5-2)6-3/h10-11H,4-9H2,1-3H3,(H3,15,16,17,18,19). The molecule has 0 radical (unpaired) electrons. The van der Waals surface area contributed by atoms with E-state index in [-0.39, 0.29) is 5.95 Å². The first kappa shape index (κ1) is 14.8. The van der Waals surface area contributed by atoms with Gasteiger partial charge in [-0.1, -0.05) is 19.8 Å². The summed E-state index contributed by atoms with van der Waals surface area (Å²) in [5.41, 5.74) is 5.81. The van der Waals surface area contributed by atoms with Crippen LogP contribution < -0.4 is 16.0 Å². The summed E-state index contributed by atoms with van der Waals surface area (Å²) in [6, 6.07) is 0.425. The highest BCUT2D eigenvalue weighted by Crippen LogP contribution is 2.34. The minimum Gasteiger partial charge on any atom is -0.368 e. The monoisotopic (exact) mass is 278 g/mol. The summed E-state index contributed by atoms with van der Waals surface area (Å²) in [5.74, 6) is 2.43. The molecule has 1 fully saturated rings. The molecule has 2 rings (SSSR count). The van der Waals surface area contributed by atoms with E-state index in [1.54, 1.807) is 0 Å². The molecule has 6 heteroatoms. The van der Waals surface area contributed by atoms with E-state index < -0.39 is 0 Å². The third kappa shape index (κ3) is 3.95. The number of nitrogens with two attached hydrogens (primary N) is 1. The second-order valence-electron chi connectivity index (χ2n) is 5.42. The Morgan fingerprint density at radius 1 is 1.20 bits per heavy atom. The van der Waals surface area contributed by atoms with Crippen LogP contribution in [-0.4, -0.2) is 34.1 Å². The first-order chi connectivity index (χ1) is 9.66. The van der Waals surface area contributed by atoms with E-state index in [2.05, 4.69) is 45.9 Å². The Bertz CT molecular complexity index is 428. The van der Waals surface area contributed by atoms with Gasteiger partial charge in [0.1, 0.15) is 0 Å². The maximum absolute atomic E-state index is 5.81. The zero-order valence-corrected chi connectivity index (χ0v) is 12.8. The highest BCUT2D eigenvalue weighted by atomic mass is 15.3. The van der Waals surface area contributed by atoms with Crippen LogP contribution in [0.3, 0.4) is 0 Å². The van der Waals surface area contributed by atoms with Crippen LogP contribution in [0.5, 0.6) is 0 Å². The maximum Gasteiger partial charge on any atom is 0.231 e. The lowest BCUT2D eigenvalue weighted by Gasteiger charge is -2.21. The molecule has 1 aliphatic carbocycles. The Morgan fingerprint density at radius 2 is 1.90 bits per heavy atom. The molecule has 1 unspecified atom stereocenters. The van der Waals surface area contributed by atoms with Gasteiger partial charge in [0.25, 0.3) is 0 Å². The summed E-state index contributed by atoms with van der Waals surface area (Å²) in [5, 5.41) is 3.42. The molecule has 0 saturated heterocycles. The van der Waals surface area contributed by atoms with Gasteiger partial charge in [0.05, 0.1) is 0 Å². The number of nitrogens with one attached hydrogen (secondary N) is 1. The van der Waals surface area contributed by atoms with E-state index in [1.165, 1.54) is 19.3 Å². The smallest absolute Gasteiger partial charge is 0.231 e. The van der Waals surface area contributed by atoms with Crippen molar-refractivity contribution in [2.45, 2.75) is 52.5 Å². The predicted molar refractivity (Wildman–Crippen MR) is 82.8 cm³/mol. The Kier molecular flexibility index (Phi) is 4.98. The number of hydrogen-bond acceptors (Lipinski definition) is 6. The van der Waals surface area contributed by atoms with Gasteiger partial charge in [-0.2, -0.15) is 15.0 Å². The van der Waals surface area contributed by atoms with Gasteiger partial charge in [-0.25, -0.2) is 0 Å². The van der Waals surface area contributed by atoms with Crippen molar-refractivity contribution in [1.82, 2.24) is 15.0 Å². The van der Waals surface area contributed by atoms with Crippen molar-refractivity contribution in [2.24, 2.45) is 5.92 Å². The molecule has 0 aromatic carbocycles. The minimum atomic E-state index is 0.283. The van der Waals surface area contributed by atoms with Gasteiger partial charge in [0, 0.05) is 19.1 Å². The van der Waals surface area contributed by atoms with Gasteiger partial charge < -0.3 is 16.0 Å². The van der Waals surface area contributed by atoms with Crippen LogP contribution in [0.2, 0.25) is 0 Å². The lowest BCUT2D eigenvalue weighted by molar-refractivity contribution is 0.582. The SMILES string of the molecule is CCC(CC1CC1)Nc1nc(N)nc(N(CC)CC)n1. The molecule has 3 N–H and O–H groups in total. The highest BCUT2D eigenvalue weighted by Gasteiger charge is 2.25. The van der Waals surface area contributed by atoms with Gasteiger partial charge in [-0.3, -0.25) is 0 Å². The minimum absolute atomic E-state index is 0.283. The lowest BCUT2D eigenvalue weighted by Crippen LogP contribution is -2.27. The van der Waals surface area contributed by atoms with E-state index in [0.717, 1.165) is 25.4 Å². The fraction of sp³-hybridized carbons (Fsp3) is 0.786. The topological polar surface area (TPSA) is 80.0 Å². The van der Waals surface area contributed by atoms with Crippen LogP contribution in [0.4, 0.5) is 17.8 Å². The molecular weight excluding hydrogens is 252 g/mol. The molecule has 1 aromatic rings. The third-order valence-corrected chi connectivity index (χ3v) is 3.83. The molecule has 0 spiro atoms. The van der Waals surface area contributed by atoms with Gasteiger partial charge in [0.15, 0.2) is 0 Å². The molecule has 1 atom stereocenters. The number of nitrogen functional groups attached to an aromatic ring is 1. The van der Waals surface area contributed by atoms with E-state index in [9.17, 15) is 0 Å². The Hall–Kier alpha value is -1.59. The molecule has 20 heavy (non-hydrogen) atoms. The second-order valence-corrected chi connectivity index (χ2v) is 5.42. The van der Waals surface area contributed by atoms with Crippen molar-refractivity contribution in [3.63, 3.8) is 0 Å². The van der Waals surface area contributed by atoms with E-state index in [1.807, 2.05) is 0 Å². The van der Waals surface area contributed by atoms with Crippen LogP contribution in [0.25, 0.3) is 0 Å². The summed E-state index contributed by atoms with van der Waals surface area (Å²) in [6.45, 7) is 8.07. The number of rotatable bonds is 8. The molecule has 1 aromatic heterocycles. The normalized spacial score (nSPS) is 15.9. The molecule has 0 aliphatic heterocycles. The molecule has 0 amide bonds. The number of hydrogen-bond donors (Lipinski definition) is 2. The summed E-state index contributed by atoms with van der Waals surface area (Å²) in [7, 11) is 0. The van der Waals surface area contributed by atoms with Gasteiger partial charge in [-0.15, -0.1) is 0 Å². The lowest BCUT2D eigenvalue weighted by atomic mass is 10.1. The van der Waals surface area contributed by atoms with Crippen molar-refractivity contribution in [3.05, 3.63) is 0 Å². The van der Waals surface area contributed by atoms with Crippen LogP contribution in [0.1, 0.15) is 46.5 Å². The summed E-state index contributed by atoms with van der Waals surface area (Å²) >= 11 is 0. The molecule has 6 nitrogen and oxygen atoms in total. The molecule has 1 aliphatic rings. The Balaban J connectivity index is 2.09. The van der Waals surface area contributed by atoms with Crippen LogP contribution in [0, 0.1) is 5.92 Å². The number of anilines is 3. The maximum atomic E-state index is 5.81. The molecular formula is C14H26N6. The molecule has 0 bridgehead atoms.